The number of benzene rings is 1. The summed E-state index contributed by atoms with van der Waals surface area (Å²) >= 11 is 6.58. The second kappa shape index (κ2) is 8.17. The molecular weight excluding hydrogens is 428 g/mol. The molecular formula is C23H29ClN6O2. The first kappa shape index (κ1) is 21.4. The van der Waals surface area contributed by atoms with Gasteiger partial charge < -0.3 is 20.1 Å². The zero-order valence-electron chi connectivity index (χ0n) is 18.7. The zero-order valence-corrected chi connectivity index (χ0v) is 19.4. The Labute approximate surface area is 192 Å². The van der Waals surface area contributed by atoms with E-state index in [9.17, 15) is 5.11 Å². The van der Waals surface area contributed by atoms with Crippen LogP contribution in [0.1, 0.15) is 44.3 Å². The second-order valence-corrected chi connectivity index (χ2v) is 9.64. The maximum Gasteiger partial charge on any atom is 0.227 e. The molecule has 3 heterocycles. The van der Waals surface area contributed by atoms with Gasteiger partial charge in [0.25, 0.3) is 0 Å². The van der Waals surface area contributed by atoms with Crippen molar-refractivity contribution in [2.24, 2.45) is 0 Å². The minimum atomic E-state index is -0.606. The SMILES string of the molecule is CO[C@H]1C[C@@H](n2ncc(Nc3ncc4cc(Cl)c(N5CCC(C)(O)CC5)cc4n3)c2C)C1. The number of aromatic nitrogens is 4. The highest BCUT2D eigenvalue weighted by Crippen LogP contribution is 2.37. The van der Waals surface area contributed by atoms with Crippen molar-refractivity contribution in [1.82, 2.24) is 19.7 Å². The highest BCUT2D eigenvalue weighted by molar-refractivity contribution is 6.34. The van der Waals surface area contributed by atoms with E-state index in [4.69, 9.17) is 21.3 Å². The van der Waals surface area contributed by atoms with Crippen LogP contribution in [0.25, 0.3) is 10.9 Å². The summed E-state index contributed by atoms with van der Waals surface area (Å²) in [5.41, 5.74) is 3.13. The maximum atomic E-state index is 10.3. The Kier molecular flexibility index (Phi) is 5.47. The van der Waals surface area contributed by atoms with Gasteiger partial charge in [0.1, 0.15) is 0 Å². The van der Waals surface area contributed by atoms with Crippen LogP contribution in [0, 0.1) is 6.92 Å². The molecule has 1 saturated carbocycles. The molecule has 0 unspecified atom stereocenters. The van der Waals surface area contributed by atoms with Crippen molar-refractivity contribution >= 4 is 39.8 Å². The van der Waals surface area contributed by atoms with E-state index in [1.807, 2.05) is 25.3 Å². The van der Waals surface area contributed by atoms with Crippen LogP contribution in [0.3, 0.4) is 0 Å². The van der Waals surface area contributed by atoms with E-state index < -0.39 is 5.60 Å². The Hall–Kier alpha value is -2.42. The van der Waals surface area contributed by atoms with Gasteiger partial charge in [-0.25, -0.2) is 9.97 Å². The number of halogens is 1. The monoisotopic (exact) mass is 456 g/mol. The van der Waals surface area contributed by atoms with Gasteiger partial charge in [-0.3, -0.25) is 4.68 Å². The van der Waals surface area contributed by atoms with Crippen LogP contribution >= 0.6 is 11.6 Å². The molecule has 1 saturated heterocycles. The van der Waals surface area contributed by atoms with Crippen molar-refractivity contribution in [3.05, 3.63) is 35.2 Å². The summed E-state index contributed by atoms with van der Waals surface area (Å²) in [7, 11) is 1.76. The smallest absolute Gasteiger partial charge is 0.227 e. The van der Waals surface area contributed by atoms with Crippen molar-refractivity contribution in [1.29, 1.82) is 0 Å². The molecule has 2 fully saturated rings. The molecule has 2 aromatic heterocycles. The molecule has 0 atom stereocenters. The van der Waals surface area contributed by atoms with Crippen molar-refractivity contribution < 1.29 is 9.84 Å². The molecule has 0 radical (unpaired) electrons. The summed E-state index contributed by atoms with van der Waals surface area (Å²) in [6.45, 7) is 5.47. The number of piperidine rings is 1. The van der Waals surface area contributed by atoms with E-state index in [1.165, 1.54) is 0 Å². The molecule has 8 nitrogen and oxygen atoms in total. The molecule has 0 bridgehead atoms. The summed E-state index contributed by atoms with van der Waals surface area (Å²) < 4.78 is 7.45. The number of nitrogens with zero attached hydrogens (tertiary/aromatic N) is 5. The Bertz CT molecular complexity index is 1130. The van der Waals surface area contributed by atoms with E-state index in [0.29, 0.717) is 36.0 Å². The summed E-state index contributed by atoms with van der Waals surface area (Å²) in [5, 5.41) is 19.7. The molecule has 0 spiro atoms. The first-order valence-corrected chi connectivity index (χ1v) is 11.5. The third kappa shape index (κ3) is 4.02. The third-order valence-corrected chi connectivity index (χ3v) is 7.17. The number of nitrogens with one attached hydrogen (secondary N) is 1. The van der Waals surface area contributed by atoms with Gasteiger partial charge in [-0.1, -0.05) is 11.6 Å². The van der Waals surface area contributed by atoms with E-state index in [-0.39, 0.29) is 0 Å². The number of hydrogen-bond acceptors (Lipinski definition) is 7. The fourth-order valence-electron chi connectivity index (χ4n) is 4.54. The van der Waals surface area contributed by atoms with Crippen LogP contribution in [0.5, 0.6) is 0 Å². The van der Waals surface area contributed by atoms with Crippen LogP contribution < -0.4 is 10.2 Å². The molecule has 32 heavy (non-hydrogen) atoms. The van der Waals surface area contributed by atoms with E-state index in [2.05, 4.69) is 31.9 Å². The standard InChI is InChI=1S/C23H29ClN6O2/c1-14-20(13-26-30(14)16-9-17(10-16)32-3)28-22-25-12-15-8-18(24)21(11-19(15)27-22)29-6-4-23(2,31)5-7-29/h8,11-13,16-17,31H,4-7,9-10H2,1-3H3,(H,25,27,28)/t16-,17+. The summed E-state index contributed by atoms with van der Waals surface area (Å²) in [6, 6.07) is 4.30. The number of fused-ring (bicyclic) bond motifs is 1. The first-order valence-electron chi connectivity index (χ1n) is 11.1. The van der Waals surface area contributed by atoms with E-state index >= 15 is 0 Å². The topological polar surface area (TPSA) is 88.3 Å². The van der Waals surface area contributed by atoms with Crippen LogP contribution in [-0.4, -0.2) is 56.8 Å². The summed E-state index contributed by atoms with van der Waals surface area (Å²) in [5.74, 6) is 0.526. The molecule has 3 aromatic rings. The van der Waals surface area contributed by atoms with Gasteiger partial charge in [0.15, 0.2) is 0 Å². The highest BCUT2D eigenvalue weighted by atomic mass is 35.5. The van der Waals surface area contributed by atoms with Gasteiger partial charge in [-0.05, 0) is 51.7 Å². The second-order valence-electron chi connectivity index (χ2n) is 9.24. The van der Waals surface area contributed by atoms with Gasteiger partial charge in [0.05, 0.1) is 51.6 Å². The van der Waals surface area contributed by atoms with Crippen LogP contribution in [0.4, 0.5) is 17.3 Å². The average Bonchev–Trinajstić information content (AvgIpc) is 3.07. The van der Waals surface area contributed by atoms with Gasteiger partial charge in [-0.2, -0.15) is 5.10 Å². The Morgan fingerprint density at radius 1 is 1.22 bits per heavy atom. The lowest BCUT2D eigenvalue weighted by molar-refractivity contribution is 0.00191. The predicted octanol–water partition coefficient (Wildman–Crippen LogP) is 4.23. The molecule has 1 aliphatic heterocycles. The Balaban J connectivity index is 1.37. The molecule has 9 heteroatoms. The minimum absolute atomic E-state index is 0.330. The number of methoxy groups -OCH3 is 1. The molecule has 5 rings (SSSR count). The predicted molar refractivity (Wildman–Crippen MR) is 126 cm³/mol. The lowest BCUT2D eigenvalue weighted by Crippen LogP contribution is -2.42. The van der Waals surface area contributed by atoms with Crippen molar-refractivity contribution in [2.45, 2.75) is 57.3 Å². The molecule has 2 aliphatic rings. The van der Waals surface area contributed by atoms with E-state index in [1.54, 1.807) is 13.3 Å². The van der Waals surface area contributed by atoms with Crippen LogP contribution in [0.15, 0.2) is 24.5 Å². The molecule has 0 amide bonds. The number of aliphatic hydroxyl groups is 1. The molecule has 170 valence electrons. The van der Waals surface area contributed by atoms with Gasteiger partial charge >= 0.3 is 0 Å². The molecule has 2 N–H and O–H groups in total. The quantitative estimate of drug-likeness (QED) is 0.593. The van der Waals surface area contributed by atoms with Crippen molar-refractivity contribution in [2.75, 3.05) is 30.4 Å². The summed E-state index contributed by atoms with van der Waals surface area (Å²) in [6.07, 6.45) is 7.35. The first-order chi connectivity index (χ1) is 15.3. The van der Waals surface area contributed by atoms with E-state index in [0.717, 1.165) is 53.9 Å². The normalized spacial score (nSPS) is 22.7. The summed E-state index contributed by atoms with van der Waals surface area (Å²) in [4.78, 5) is 11.4. The van der Waals surface area contributed by atoms with Crippen molar-refractivity contribution in [3.8, 4) is 0 Å². The maximum absolute atomic E-state index is 10.3. The zero-order chi connectivity index (χ0) is 22.5. The van der Waals surface area contributed by atoms with Crippen molar-refractivity contribution in [3.63, 3.8) is 0 Å². The van der Waals surface area contributed by atoms with Crippen LogP contribution in [-0.2, 0) is 4.74 Å². The minimum Gasteiger partial charge on any atom is -0.390 e. The fraction of sp³-hybridized carbons (Fsp3) is 0.522. The number of anilines is 3. The number of rotatable bonds is 5. The van der Waals surface area contributed by atoms with Crippen LogP contribution in [0.2, 0.25) is 5.02 Å². The lowest BCUT2D eigenvalue weighted by Gasteiger charge is -2.37. The molecule has 1 aliphatic carbocycles. The molecule has 1 aromatic carbocycles. The van der Waals surface area contributed by atoms with Gasteiger partial charge in [0, 0.05) is 31.8 Å². The fourth-order valence-corrected chi connectivity index (χ4v) is 4.83. The number of hydrogen-bond donors (Lipinski definition) is 2. The largest absolute Gasteiger partial charge is 0.390 e. The Morgan fingerprint density at radius 2 is 1.97 bits per heavy atom. The highest BCUT2D eigenvalue weighted by Gasteiger charge is 2.32. The van der Waals surface area contributed by atoms with Gasteiger partial charge in [0.2, 0.25) is 5.95 Å². The Morgan fingerprint density at radius 3 is 2.69 bits per heavy atom. The van der Waals surface area contributed by atoms with Gasteiger partial charge in [-0.15, -0.1) is 0 Å². The third-order valence-electron chi connectivity index (χ3n) is 6.87. The lowest BCUT2D eigenvalue weighted by atomic mass is 9.89. The average molecular weight is 457 g/mol. The number of ether oxygens (including phenoxy) is 1.